The molecule has 1 amide bonds. The Morgan fingerprint density at radius 1 is 1.41 bits per heavy atom. The van der Waals surface area contributed by atoms with Crippen LogP contribution in [0.3, 0.4) is 0 Å². The summed E-state index contributed by atoms with van der Waals surface area (Å²) in [6.45, 7) is 2.05. The Labute approximate surface area is 110 Å². The first-order valence-corrected chi connectivity index (χ1v) is 6.39. The Bertz CT molecular complexity index is 503. The fourth-order valence-electron chi connectivity index (χ4n) is 1.78. The summed E-state index contributed by atoms with van der Waals surface area (Å²) in [6, 6.07) is 7.59. The Hall–Kier alpha value is -1.35. The van der Waals surface area contributed by atoms with Gasteiger partial charge in [0.25, 0.3) is 5.91 Å². The van der Waals surface area contributed by atoms with Gasteiger partial charge in [-0.15, -0.1) is 0 Å². The number of benzene rings is 1. The van der Waals surface area contributed by atoms with Crippen molar-refractivity contribution in [3.63, 3.8) is 0 Å². The molecule has 0 aliphatic heterocycles. The van der Waals surface area contributed by atoms with Crippen LogP contribution >= 0.6 is 15.9 Å². The van der Waals surface area contributed by atoms with Crippen LogP contribution in [0, 0.1) is 0 Å². The number of amides is 1. The van der Waals surface area contributed by atoms with Gasteiger partial charge in [0.2, 0.25) is 0 Å². The third kappa shape index (κ3) is 3.30. The molecule has 1 aromatic carbocycles. The summed E-state index contributed by atoms with van der Waals surface area (Å²) in [7, 11) is 0. The molecule has 17 heavy (non-hydrogen) atoms. The molecule has 0 aromatic heterocycles. The smallest absolute Gasteiger partial charge is 0.255 e. The van der Waals surface area contributed by atoms with Crippen LogP contribution in [0.25, 0.3) is 0 Å². The number of hydrogen-bond donors (Lipinski definition) is 1. The molecular weight excluding hydrogens is 278 g/mol. The van der Waals surface area contributed by atoms with Gasteiger partial charge in [-0.1, -0.05) is 39.7 Å². The molecule has 0 saturated carbocycles. The second-order valence-electron chi connectivity index (χ2n) is 4.15. The van der Waals surface area contributed by atoms with Crippen molar-refractivity contribution in [2.75, 3.05) is 5.32 Å². The summed E-state index contributed by atoms with van der Waals surface area (Å²) in [5.74, 6) is -0.0397. The molecule has 3 heteroatoms. The predicted molar refractivity (Wildman–Crippen MR) is 73.8 cm³/mol. The fourth-order valence-corrected chi connectivity index (χ4v) is 2.18. The van der Waals surface area contributed by atoms with Gasteiger partial charge < -0.3 is 5.32 Å². The van der Waals surface area contributed by atoms with Gasteiger partial charge in [0.15, 0.2) is 0 Å². The Morgan fingerprint density at radius 3 is 2.94 bits per heavy atom. The number of allylic oxidation sites excluding steroid dienone is 2. The van der Waals surface area contributed by atoms with E-state index in [9.17, 15) is 4.79 Å². The number of rotatable bonds is 2. The topological polar surface area (TPSA) is 29.1 Å². The number of carbonyl (C=O) groups is 1. The van der Waals surface area contributed by atoms with Crippen LogP contribution in [0.15, 0.2) is 52.0 Å². The molecule has 0 atom stereocenters. The second-order valence-corrected chi connectivity index (χ2v) is 5.07. The van der Waals surface area contributed by atoms with E-state index in [-0.39, 0.29) is 5.91 Å². The molecule has 0 fully saturated rings. The molecular formula is C14H14BrNO. The minimum atomic E-state index is -0.0397. The van der Waals surface area contributed by atoms with Gasteiger partial charge in [-0.25, -0.2) is 0 Å². The Kier molecular flexibility index (Phi) is 3.79. The van der Waals surface area contributed by atoms with E-state index in [0.29, 0.717) is 0 Å². The van der Waals surface area contributed by atoms with E-state index in [2.05, 4.69) is 28.2 Å². The summed E-state index contributed by atoms with van der Waals surface area (Å²) in [6.07, 6.45) is 5.94. The van der Waals surface area contributed by atoms with Crippen molar-refractivity contribution in [3.05, 3.63) is 52.0 Å². The maximum atomic E-state index is 12.0. The summed E-state index contributed by atoms with van der Waals surface area (Å²) < 4.78 is 0.958. The van der Waals surface area contributed by atoms with Crippen molar-refractivity contribution in [1.29, 1.82) is 0 Å². The lowest BCUT2D eigenvalue weighted by Crippen LogP contribution is -2.14. The Balaban J connectivity index is 2.10. The van der Waals surface area contributed by atoms with Crippen molar-refractivity contribution in [2.45, 2.75) is 19.8 Å². The van der Waals surface area contributed by atoms with E-state index in [0.717, 1.165) is 28.6 Å². The van der Waals surface area contributed by atoms with Crippen LogP contribution in [0.4, 0.5) is 5.69 Å². The SMILES string of the molecule is CC1=CC(C(=O)Nc2cccc(Br)c2)=CCC1. The average Bonchev–Trinajstić information content (AvgIpc) is 2.29. The van der Waals surface area contributed by atoms with Crippen LogP contribution in [-0.2, 0) is 4.79 Å². The normalized spacial score (nSPS) is 14.9. The van der Waals surface area contributed by atoms with Crippen molar-refractivity contribution >= 4 is 27.5 Å². The van der Waals surface area contributed by atoms with Crippen LogP contribution in [0.2, 0.25) is 0 Å². The highest BCUT2D eigenvalue weighted by atomic mass is 79.9. The van der Waals surface area contributed by atoms with Gasteiger partial charge in [0, 0.05) is 15.7 Å². The fraction of sp³-hybridized carbons (Fsp3) is 0.214. The molecule has 1 aliphatic carbocycles. The molecule has 0 bridgehead atoms. The van der Waals surface area contributed by atoms with E-state index in [1.54, 1.807) is 0 Å². The summed E-state index contributed by atoms with van der Waals surface area (Å²) in [5.41, 5.74) is 2.82. The largest absolute Gasteiger partial charge is 0.322 e. The monoisotopic (exact) mass is 291 g/mol. The first kappa shape index (κ1) is 12.1. The van der Waals surface area contributed by atoms with Gasteiger partial charge in [0.05, 0.1) is 0 Å². The third-order valence-corrected chi connectivity index (χ3v) is 3.14. The maximum absolute atomic E-state index is 12.0. The minimum Gasteiger partial charge on any atom is -0.322 e. The van der Waals surface area contributed by atoms with Crippen molar-refractivity contribution in [3.8, 4) is 0 Å². The highest BCUT2D eigenvalue weighted by Gasteiger charge is 2.10. The van der Waals surface area contributed by atoms with E-state index in [1.165, 1.54) is 5.57 Å². The highest BCUT2D eigenvalue weighted by molar-refractivity contribution is 9.10. The van der Waals surface area contributed by atoms with E-state index in [1.807, 2.05) is 36.4 Å². The van der Waals surface area contributed by atoms with E-state index in [4.69, 9.17) is 0 Å². The predicted octanol–water partition coefficient (Wildman–Crippen LogP) is 4.05. The third-order valence-electron chi connectivity index (χ3n) is 2.65. The van der Waals surface area contributed by atoms with E-state index < -0.39 is 0 Å². The molecule has 1 aromatic rings. The number of hydrogen-bond acceptors (Lipinski definition) is 1. The van der Waals surface area contributed by atoms with Crippen molar-refractivity contribution in [2.24, 2.45) is 0 Å². The van der Waals surface area contributed by atoms with Crippen LogP contribution in [-0.4, -0.2) is 5.91 Å². The average molecular weight is 292 g/mol. The lowest BCUT2D eigenvalue weighted by molar-refractivity contribution is -0.112. The van der Waals surface area contributed by atoms with Gasteiger partial charge >= 0.3 is 0 Å². The molecule has 1 aliphatic rings. The lowest BCUT2D eigenvalue weighted by atomic mass is 10.0. The number of anilines is 1. The molecule has 1 N–H and O–H groups in total. The van der Waals surface area contributed by atoms with Gasteiger partial charge in [-0.3, -0.25) is 4.79 Å². The molecule has 0 spiro atoms. The molecule has 0 unspecified atom stereocenters. The van der Waals surface area contributed by atoms with Crippen LogP contribution in [0.5, 0.6) is 0 Å². The Morgan fingerprint density at radius 2 is 2.24 bits per heavy atom. The number of halogens is 1. The summed E-state index contributed by atoms with van der Waals surface area (Å²) >= 11 is 3.38. The first-order valence-electron chi connectivity index (χ1n) is 5.59. The number of nitrogens with one attached hydrogen (secondary N) is 1. The molecule has 0 radical (unpaired) electrons. The summed E-state index contributed by atoms with van der Waals surface area (Å²) in [4.78, 5) is 12.0. The first-order chi connectivity index (χ1) is 8.15. The minimum absolute atomic E-state index is 0.0397. The van der Waals surface area contributed by atoms with Crippen LogP contribution in [0.1, 0.15) is 19.8 Å². The molecule has 0 saturated heterocycles. The van der Waals surface area contributed by atoms with E-state index >= 15 is 0 Å². The zero-order chi connectivity index (χ0) is 12.3. The highest BCUT2D eigenvalue weighted by Crippen LogP contribution is 2.20. The van der Waals surface area contributed by atoms with Gasteiger partial charge in [-0.2, -0.15) is 0 Å². The molecule has 2 rings (SSSR count). The zero-order valence-electron chi connectivity index (χ0n) is 9.66. The molecule has 88 valence electrons. The molecule has 2 nitrogen and oxygen atoms in total. The number of carbonyl (C=O) groups excluding carboxylic acids is 1. The quantitative estimate of drug-likeness (QED) is 0.875. The maximum Gasteiger partial charge on any atom is 0.255 e. The molecule has 0 heterocycles. The lowest BCUT2D eigenvalue weighted by Gasteiger charge is -2.11. The summed E-state index contributed by atoms with van der Waals surface area (Å²) in [5, 5.41) is 2.89. The van der Waals surface area contributed by atoms with Crippen molar-refractivity contribution in [1.82, 2.24) is 0 Å². The van der Waals surface area contributed by atoms with Crippen LogP contribution < -0.4 is 5.32 Å². The standard InChI is InChI=1S/C14H14BrNO/c1-10-4-2-5-11(8-10)14(17)16-13-7-3-6-12(15)9-13/h3,5-9H,2,4H2,1H3,(H,16,17). The zero-order valence-corrected chi connectivity index (χ0v) is 11.3. The van der Waals surface area contributed by atoms with Gasteiger partial charge in [-0.05, 0) is 38.0 Å². The van der Waals surface area contributed by atoms with Gasteiger partial charge in [0.1, 0.15) is 0 Å². The van der Waals surface area contributed by atoms with Crippen molar-refractivity contribution < 1.29 is 4.79 Å². The second kappa shape index (κ2) is 5.32.